The zero-order valence-electron chi connectivity index (χ0n) is 14.5. The summed E-state index contributed by atoms with van der Waals surface area (Å²) in [5.41, 5.74) is 4.06. The van der Waals surface area contributed by atoms with E-state index < -0.39 is 5.97 Å². The second-order valence-electron chi connectivity index (χ2n) is 5.76. The van der Waals surface area contributed by atoms with Crippen LogP contribution in [0.25, 0.3) is 6.08 Å². The fraction of sp³-hybridized carbons (Fsp3) is 0.250. The van der Waals surface area contributed by atoms with Gasteiger partial charge in [0.15, 0.2) is 0 Å². The van der Waals surface area contributed by atoms with Crippen molar-refractivity contribution in [2.75, 3.05) is 13.2 Å². The van der Waals surface area contributed by atoms with Gasteiger partial charge >= 0.3 is 5.97 Å². The third-order valence-electron chi connectivity index (χ3n) is 3.74. The van der Waals surface area contributed by atoms with Crippen LogP contribution in [0.15, 0.2) is 36.4 Å². The molecule has 0 saturated carbocycles. The van der Waals surface area contributed by atoms with Crippen molar-refractivity contribution in [3.8, 4) is 11.5 Å². The fourth-order valence-electron chi connectivity index (χ4n) is 2.40. The van der Waals surface area contributed by atoms with Crippen LogP contribution >= 0.6 is 11.6 Å². The highest BCUT2D eigenvalue weighted by molar-refractivity contribution is 6.30. The van der Waals surface area contributed by atoms with Gasteiger partial charge in [-0.15, -0.1) is 0 Å². The quantitative estimate of drug-likeness (QED) is 0.568. The summed E-state index contributed by atoms with van der Waals surface area (Å²) in [6, 6.07) is 9.19. The Bertz CT molecular complexity index is 797. The molecule has 0 heterocycles. The Kier molecular flexibility index (Phi) is 6.48. The summed E-state index contributed by atoms with van der Waals surface area (Å²) < 4.78 is 11.5. The number of carboxylic acids is 1. The molecular weight excluding hydrogens is 340 g/mol. The topological polar surface area (TPSA) is 55.8 Å². The van der Waals surface area contributed by atoms with Crippen molar-refractivity contribution in [3.05, 3.63) is 63.7 Å². The van der Waals surface area contributed by atoms with E-state index in [-0.39, 0.29) is 0 Å². The molecule has 4 nitrogen and oxygen atoms in total. The molecule has 0 fully saturated rings. The predicted octanol–water partition coefficient (Wildman–Crippen LogP) is 4.82. The van der Waals surface area contributed by atoms with Crippen LogP contribution < -0.4 is 9.47 Å². The number of halogens is 1. The van der Waals surface area contributed by atoms with Crippen LogP contribution in [0.2, 0.25) is 5.02 Å². The van der Waals surface area contributed by atoms with E-state index in [2.05, 4.69) is 13.0 Å². The molecule has 0 radical (unpaired) electrons. The molecule has 0 amide bonds. The van der Waals surface area contributed by atoms with Crippen LogP contribution in [0.3, 0.4) is 0 Å². The predicted molar refractivity (Wildman–Crippen MR) is 99.8 cm³/mol. The third-order valence-corrected chi connectivity index (χ3v) is 3.97. The largest absolute Gasteiger partial charge is 0.490 e. The minimum absolute atomic E-state index is 0.335. The summed E-state index contributed by atoms with van der Waals surface area (Å²) in [7, 11) is 0. The van der Waals surface area contributed by atoms with E-state index in [1.54, 1.807) is 18.2 Å². The van der Waals surface area contributed by atoms with Crippen molar-refractivity contribution in [2.45, 2.75) is 20.8 Å². The van der Waals surface area contributed by atoms with Crippen LogP contribution in [0.5, 0.6) is 11.5 Å². The molecule has 2 aromatic rings. The lowest BCUT2D eigenvalue weighted by Gasteiger charge is -2.14. The summed E-state index contributed by atoms with van der Waals surface area (Å²) in [5.74, 6) is 0.380. The molecule has 5 heteroatoms. The Morgan fingerprint density at radius 3 is 2.44 bits per heavy atom. The first-order chi connectivity index (χ1) is 11.9. The minimum Gasteiger partial charge on any atom is -0.490 e. The molecule has 0 aliphatic rings. The number of benzene rings is 2. The lowest BCUT2D eigenvalue weighted by atomic mass is 10.1. The van der Waals surface area contributed by atoms with Crippen molar-refractivity contribution in [1.29, 1.82) is 0 Å². The Hall–Kier alpha value is -2.46. The average molecular weight is 361 g/mol. The van der Waals surface area contributed by atoms with Gasteiger partial charge in [-0.25, -0.2) is 4.79 Å². The molecule has 132 valence electrons. The summed E-state index contributed by atoms with van der Waals surface area (Å²) in [4.78, 5) is 10.7. The summed E-state index contributed by atoms with van der Waals surface area (Å²) >= 11 is 5.96. The minimum atomic E-state index is -1.03. The Balaban J connectivity index is 1.99. The molecule has 0 unspecified atom stereocenters. The van der Waals surface area contributed by atoms with Crippen molar-refractivity contribution in [1.82, 2.24) is 0 Å². The molecule has 0 aliphatic heterocycles. The molecule has 2 aromatic carbocycles. The Morgan fingerprint density at radius 1 is 1.08 bits per heavy atom. The van der Waals surface area contributed by atoms with Gasteiger partial charge < -0.3 is 14.6 Å². The lowest BCUT2D eigenvalue weighted by molar-refractivity contribution is -0.131. The first-order valence-electron chi connectivity index (χ1n) is 7.91. The normalized spacial score (nSPS) is 10.9. The van der Waals surface area contributed by atoms with Crippen LogP contribution in [0.1, 0.15) is 22.3 Å². The standard InChI is InChI=1S/C20H21ClO4/c1-13-10-14(2)15(3)19(11-13)25-9-8-24-18-6-5-17(21)12-16(18)4-7-20(22)23/h4-7,10-12H,8-9H2,1-3H3,(H,22,23). The molecule has 1 N–H and O–H groups in total. The maximum atomic E-state index is 10.7. The van der Waals surface area contributed by atoms with E-state index >= 15 is 0 Å². The Labute approximate surface area is 152 Å². The van der Waals surface area contributed by atoms with Gasteiger partial charge in [0.2, 0.25) is 0 Å². The number of aliphatic carboxylic acids is 1. The molecule has 2 rings (SSSR count). The van der Waals surface area contributed by atoms with E-state index in [1.807, 2.05) is 19.9 Å². The monoisotopic (exact) mass is 360 g/mol. The summed E-state index contributed by atoms with van der Waals surface area (Å²) in [6.07, 6.45) is 2.51. The first kappa shape index (κ1) is 18.9. The van der Waals surface area contributed by atoms with Gasteiger partial charge in [0.1, 0.15) is 24.7 Å². The molecule has 0 saturated heterocycles. The van der Waals surface area contributed by atoms with Crippen molar-refractivity contribution in [3.63, 3.8) is 0 Å². The molecule has 0 spiro atoms. The number of hydrogen-bond acceptors (Lipinski definition) is 3. The lowest BCUT2D eigenvalue weighted by Crippen LogP contribution is -2.10. The number of aryl methyl sites for hydroxylation is 2. The number of rotatable bonds is 7. The van der Waals surface area contributed by atoms with Crippen LogP contribution in [0.4, 0.5) is 0 Å². The van der Waals surface area contributed by atoms with Gasteiger partial charge in [0.25, 0.3) is 0 Å². The SMILES string of the molecule is Cc1cc(C)c(C)c(OCCOc2ccc(Cl)cc2C=CC(=O)O)c1. The highest BCUT2D eigenvalue weighted by Gasteiger charge is 2.06. The molecular formula is C20H21ClO4. The maximum Gasteiger partial charge on any atom is 0.328 e. The van der Waals surface area contributed by atoms with Gasteiger partial charge in [-0.2, -0.15) is 0 Å². The van der Waals surface area contributed by atoms with Crippen molar-refractivity contribution in [2.24, 2.45) is 0 Å². The van der Waals surface area contributed by atoms with Gasteiger partial charge in [-0.1, -0.05) is 17.7 Å². The first-order valence-corrected chi connectivity index (χ1v) is 8.28. The Morgan fingerprint density at radius 2 is 1.76 bits per heavy atom. The van der Waals surface area contributed by atoms with E-state index in [9.17, 15) is 4.79 Å². The highest BCUT2D eigenvalue weighted by atomic mass is 35.5. The number of ether oxygens (including phenoxy) is 2. The molecule has 0 aromatic heterocycles. The van der Waals surface area contributed by atoms with Gasteiger partial charge in [0.05, 0.1) is 0 Å². The summed E-state index contributed by atoms with van der Waals surface area (Å²) in [5, 5.41) is 9.28. The second-order valence-corrected chi connectivity index (χ2v) is 6.19. The number of carbonyl (C=O) groups is 1. The van der Waals surface area contributed by atoms with Gasteiger partial charge in [-0.05, 0) is 67.8 Å². The number of hydrogen-bond donors (Lipinski definition) is 1. The fourth-order valence-corrected chi connectivity index (χ4v) is 2.58. The maximum absolute atomic E-state index is 10.7. The van der Waals surface area contributed by atoms with Crippen LogP contribution in [-0.2, 0) is 4.79 Å². The highest BCUT2D eigenvalue weighted by Crippen LogP contribution is 2.25. The van der Waals surface area contributed by atoms with E-state index in [0.717, 1.165) is 23.0 Å². The van der Waals surface area contributed by atoms with E-state index in [4.69, 9.17) is 26.2 Å². The van der Waals surface area contributed by atoms with Crippen LogP contribution in [0, 0.1) is 20.8 Å². The molecule has 25 heavy (non-hydrogen) atoms. The molecule has 0 atom stereocenters. The summed E-state index contributed by atoms with van der Waals surface area (Å²) in [6.45, 7) is 6.83. The molecule has 0 bridgehead atoms. The smallest absolute Gasteiger partial charge is 0.328 e. The zero-order valence-corrected chi connectivity index (χ0v) is 15.3. The van der Waals surface area contributed by atoms with E-state index in [0.29, 0.717) is 29.5 Å². The zero-order chi connectivity index (χ0) is 18.4. The molecule has 0 aliphatic carbocycles. The van der Waals surface area contributed by atoms with Crippen LogP contribution in [-0.4, -0.2) is 24.3 Å². The second kappa shape index (κ2) is 8.58. The van der Waals surface area contributed by atoms with E-state index in [1.165, 1.54) is 11.6 Å². The van der Waals surface area contributed by atoms with Gasteiger partial charge in [-0.3, -0.25) is 0 Å². The van der Waals surface area contributed by atoms with Gasteiger partial charge in [0, 0.05) is 16.7 Å². The third kappa shape index (κ3) is 5.54. The van der Waals surface area contributed by atoms with Crippen molar-refractivity contribution < 1.29 is 19.4 Å². The van der Waals surface area contributed by atoms with Crippen molar-refractivity contribution >= 4 is 23.6 Å². The number of carboxylic acid groups (broad SMARTS) is 1. The average Bonchev–Trinajstić information content (AvgIpc) is 2.55.